The third kappa shape index (κ3) is 3.19. The second kappa shape index (κ2) is 5.65. The molecule has 0 saturated heterocycles. The number of hydrogen-bond donors (Lipinski definition) is 1. The molecule has 0 bridgehead atoms. The van der Waals surface area contributed by atoms with Gasteiger partial charge in [-0.25, -0.2) is 8.78 Å². The first-order chi connectivity index (χ1) is 8.61. The summed E-state index contributed by atoms with van der Waals surface area (Å²) in [4.78, 5) is 0. The molecule has 4 heteroatoms. The Morgan fingerprint density at radius 1 is 1.39 bits per heavy atom. The highest BCUT2D eigenvalue weighted by Crippen LogP contribution is 2.35. The zero-order valence-corrected chi connectivity index (χ0v) is 10.6. The minimum atomic E-state index is -0.616. The molecular formula is C14H19F2NO. The standard InChI is InChI=1S/C14H19F2NO/c1-9(4-5-17)12-6-11(15)7-13(16)14(12)18-8-10-2-3-10/h6-7,9-10H,2-5,8,17H2,1H3. The van der Waals surface area contributed by atoms with E-state index in [0.29, 0.717) is 31.1 Å². The molecule has 2 rings (SSSR count). The minimum absolute atomic E-state index is 0.00518. The lowest BCUT2D eigenvalue weighted by atomic mass is 9.96. The Bertz CT molecular complexity index is 419. The van der Waals surface area contributed by atoms with Crippen molar-refractivity contribution in [3.8, 4) is 5.75 Å². The number of rotatable bonds is 6. The molecule has 0 spiro atoms. The third-order valence-corrected chi connectivity index (χ3v) is 3.33. The summed E-state index contributed by atoms with van der Waals surface area (Å²) >= 11 is 0. The maximum atomic E-state index is 13.8. The first-order valence-corrected chi connectivity index (χ1v) is 6.43. The van der Waals surface area contributed by atoms with Crippen molar-refractivity contribution in [2.75, 3.05) is 13.2 Å². The average molecular weight is 255 g/mol. The van der Waals surface area contributed by atoms with E-state index >= 15 is 0 Å². The molecular weight excluding hydrogens is 236 g/mol. The first-order valence-electron chi connectivity index (χ1n) is 6.43. The summed E-state index contributed by atoms with van der Waals surface area (Å²) in [5, 5.41) is 0. The largest absolute Gasteiger partial charge is 0.490 e. The highest BCUT2D eigenvalue weighted by molar-refractivity contribution is 5.38. The third-order valence-electron chi connectivity index (χ3n) is 3.33. The van der Waals surface area contributed by atoms with Gasteiger partial charge in [0.15, 0.2) is 11.6 Å². The molecule has 1 aromatic carbocycles. The van der Waals surface area contributed by atoms with Gasteiger partial charge < -0.3 is 10.5 Å². The van der Waals surface area contributed by atoms with Crippen LogP contribution in [0.15, 0.2) is 12.1 Å². The lowest BCUT2D eigenvalue weighted by Crippen LogP contribution is -2.09. The summed E-state index contributed by atoms with van der Waals surface area (Å²) in [7, 11) is 0. The molecule has 0 heterocycles. The molecule has 1 fully saturated rings. The van der Waals surface area contributed by atoms with Crippen LogP contribution in [0.3, 0.4) is 0 Å². The van der Waals surface area contributed by atoms with Gasteiger partial charge in [-0.3, -0.25) is 0 Å². The van der Waals surface area contributed by atoms with E-state index in [-0.39, 0.29) is 11.7 Å². The molecule has 2 nitrogen and oxygen atoms in total. The van der Waals surface area contributed by atoms with E-state index in [4.69, 9.17) is 10.5 Å². The molecule has 1 aliphatic rings. The van der Waals surface area contributed by atoms with Gasteiger partial charge in [0, 0.05) is 11.6 Å². The Kier molecular flexibility index (Phi) is 4.17. The summed E-state index contributed by atoms with van der Waals surface area (Å²) in [5.41, 5.74) is 6.08. The highest BCUT2D eigenvalue weighted by Gasteiger charge is 2.24. The normalized spacial score (nSPS) is 16.7. The fourth-order valence-corrected chi connectivity index (χ4v) is 1.99. The maximum Gasteiger partial charge on any atom is 0.168 e. The summed E-state index contributed by atoms with van der Waals surface area (Å²) in [5.74, 6) is -0.453. The fraction of sp³-hybridized carbons (Fsp3) is 0.571. The van der Waals surface area contributed by atoms with E-state index in [0.717, 1.165) is 18.9 Å². The van der Waals surface area contributed by atoms with Gasteiger partial charge in [-0.05, 0) is 43.7 Å². The van der Waals surface area contributed by atoms with E-state index in [1.54, 1.807) is 0 Å². The van der Waals surface area contributed by atoms with Crippen molar-refractivity contribution in [1.82, 2.24) is 0 Å². The van der Waals surface area contributed by atoms with Crippen molar-refractivity contribution in [3.63, 3.8) is 0 Å². The first kappa shape index (κ1) is 13.3. The molecule has 18 heavy (non-hydrogen) atoms. The lowest BCUT2D eigenvalue weighted by Gasteiger charge is -2.17. The molecule has 1 unspecified atom stereocenters. The monoisotopic (exact) mass is 255 g/mol. The maximum absolute atomic E-state index is 13.8. The minimum Gasteiger partial charge on any atom is -0.490 e. The van der Waals surface area contributed by atoms with Gasteiger partial charge in [-0.15, -0.1) is 0 Å². The second-order valence-corrected chi connectivity index (χ2v) is 5.04. The molecule has 100 valence electrons. The zero-order valence-electron chi connectivity index (χ0n) is 10.6. The van der Waals surface area contributed by atoms with Crippen LogP contribution in [0.4, 0.5) is 8.78 Å². The molecule has 1 saturated carbocycles. The van der Waals surface area contributed by atoms with Gasteiger partial charge in [0.1, 0.15) is 5.82 Å². The quantitative estimate of drug-likeness (QED) is 0.847. The smallest absolute Gasteiger partial charge is 0.168 e. The van der Waals surface area contributed by atoms with Crippen molar-refractivity contribution in [2.45, 2.75) is 32.1 Å². The van der Waals surface area contributed by atoms with Crippen LogP contribution in [-0.2, 0) is 0 Å². The summed E-state index contributed by atoms with van der Waals surface area (Å²) in [6, 6.07) is 2.23. The molecule has 1 atom stereocenters. The van der Waals surface area contributed by atoms with Crippen molar-refractivity contribution in [1.29, 1.82) is 0 Å². The van der Waals surface area contributed by atoms with Gasteiger partial charge in [-0.2, -0.15) is 0 Å². The summed E-state index contributed by atoms with van der Waals surface area (Å²) in [6.07, 6.45) is 2.95. The summed E-state index contributed by atoms with van der Waals surface area (Å²) in [6.45, 7) is 2.91. The van der Waals surface area contributed by atoms with E-state index < -0.39 is 11.6 Å². The second-order valence-electron chi connectivity index (χ2n) is 5.04. The molecule has 0 aliphatic heterocycles. The number of hydrogen-bond acceptors (Lipinski definition) is 2. The average Bonchev–Trinajstić information content (AvgIpc) is 3.11. The van der Waals surface area contributed by atoms with Crippen LogP contribution in [0.2, 0.25) is 0 Å². The number of ether oxygens (including phenoxy) is 1. The Morgan fingerprint density at radius 3 is 2.72 bits per heavy atom. The van der Waals surface area contributed by atoms with E-state index in [2.05, 4.69) is 0 Å². The number of nitrogens with two attached hydrogens (primary N) is 1. The molecule has 1 aliphatic carbocycles. The van der Waals surface area contributed by atoms with E-state index in [1.165, 1.54) is 6.07 Å². The van der Waals surface area contributed by atoms with Crippen LogP contribution in [0.1, 0.15) is 37.7 Å². The number of benzene rings is 1. The van der Waals surface area contributed by atoms with Crippen LogP contribution in [-0.4, -0.2) is 13.2 Å². The molecule has 0 amide bonds. The van der Waals surface area contributed by atoms with Crippen LogP contribution in [0.25, 0.3) is 0 Å². The highest BCUT2D eigenvalue weighted by atomic mass is 19.1. The van der Waals surface area contributed by atoms with Gasteiger partial charge in [0.05, 0.1) is 6.61 Å². The summed E-state index contributed by atoms with van der Waals surface area (Å²) < 4.78 is 32.6. The Morgan fingerprint density at radius 2 is 2.11 bits per heavy atom. The van der Waals surface area contributed by atoms with Crippen molar-refractivity contribution < 1.29 is 13.5 Å². The Balaban J connectivity index is 2.21. The predicted octanol–water partition coefficient (Wildman–Crippen LogP) is 3.21. The van der Waals surface area contributed by atoms with E-state index in [1.807, 2.05) is 6.92 Å². The molecule has 0 radical (unpaired) electrons. The van der Waals surface area contributed by atoms with Gasteiger partial charge >= 0.3 is 0 Å². The van der Waals surface area contributed by atoms with Crippen LogP contribution >= 0.6 is 0 Å². The number of halogens is 2. The van der Waals surface area contributed by atoms with E-state index in [9.17, 15) is 8.78 Å². The van der Waals surface area contributed by atoms with Gasteiger partial charge in [-0.1, -0.05) is 6.92 Å². The van der Waals surface area contributed by atoms with Crippen LogP contribution < -0.4 is 10.5 Å². The Hall–Kier alpha value is -1.16. The topological polar surface area (TPSA) is 35.2 Å². The van der Waals surface area contributed by atoms with Crippen LogP contribution in [0, 0.1) is 17.6 Å². The molecule has 1 aromatic rings. The zero-order chi connectivity index (χ0) is 13.1. The van der Waals surface area contributed by atoms with Crippen molar-refractivity contribution in [3.05, 3.63) is 29.3 Å². The van der Waals surface area contributed by atoms with Gasteiger partial charge in [0.2, 0.25) is 0 Å². The van der Waals surface area contributed by atoms with Crippen molar-refractivity contribution in [2.24, 2.45) is 11.7 Å². The van der Waals surface area contributed by atoms with Crippen LogP contribution in [0.5, 0.6) is 5.75 Å². The molecule has 2 N–H and O–H groups in total. The fourth-order valence-electron chi connectivity index (χ4n) is 1.99. The SMILES string of the molecule is CC(CCN)c1cc(F)cc(F)c1OCC1CC1. The van der Waals surface area contributed by atoms with Gasteiger partial charge in [0.25, 0.3) is 0 Å². The molecule has 0 aromatic heterocycles. The Labute approximate surface area is 106 Å². The van der Waals surface area contributed by atoms with Crippen molar-refractivity contribution >= 4 is 0 Å². The lowest BCUT2D eigenvalue weighted by molar-refractivity contribution is 0.279. The predicted molar refractivity (Wildman–Crippen MR) is 66.7 cm³/mol.